The molecule has 2 bridgehead atoms. The summed E-state index contributed by atoms with van der Waals surface area (Å²) >= 11 is 0. The summed E-state index contributed by atoms with van der Waals surface area (Å²) in [6.45, 7) is 5.05. The molecular formula is C22H31N3O4. The zero-order valence-corrected chi connectivity index (χ0v) is 17.3. The van der Waals surface area contributed by atoms with E-state index in [0.29, 0.717) is 18.9 Å². The normalized spacial score (nSPS) is 29.3. The lowest BCUT2D eigenvalue weighted by molar-refractivity contribution is -0.159. The zero-order valence-electron chi connectivity index (χ0n) is 17.3. The van der Waals surface area contributed by atoms with Crippen molar-refractivity contribution < 1.29 is 19.1 Å². The predicted molar refractivity (Wildman–Crippen MR) is 109 cm³/mol. The molecule has 4 rings (SSSR count). The van der Waals surface area contributed by atoms with Gasteiger partial charge in [0.25, 0.3) is 0 Å². The maximum absolute atomic E-state index is 12.5. The Balaban J connectivity index is 1.41. The van der Waals surface area contributed by atoms with Crippen molar-refractivity contribution in [3.05, 3.63) is 23.8 Å². The van der Waals surface area contributed by atoms with Gasteiger partial charge < -0.3 is 20.1 Å². The Morgan fingerprint density at radius 1 is 1.24 bits per heavy atom. The first kappa shape index (κ1) is 20.0. The van der Waals surface area contributed by atoms with Crippen LogP contribution in [-0.2, 0) is 9.59 Å². The Bertz CT molecular complexity index is 783. The number of amides is 2. The van der Waals surface area contributed by atoms with E-state index in [-0.39, 0.29) is 23.8 Å². The van der Waals surface area contributed by atoms with Crippen molar-refractivity contribution in [2.75, 3.05) is 33.4 Å². The topological polar surface area (TPSA) is 85.1 Å². The summed E-state index contributed by atoms with van der Waals surface area (Å²) in [7, 11) is 1.65. The molecule has 1 aromatic rings. The fourth-order valence-electron chi connectivity index (χ4n) is 5.48. The predicted octanol–water partition coefficient (Wildman–Crippen LogP) is 1.57. The van der Waals surface area contributed by atoms with Gasteiger partial charge in [-0.15, -0.1) is 0 Å². The molecule has 0 spiro atoms. The highest BCUT2D eigenvalue weighted by molar-refractivity contribution is 5.88. The van der Waals surface area contributed by atoms with Crippen molar-refractivity contribution in [3.63, 3.8) is 0 Å². The number of nitrogens with two attached hydrogens (primary N) is 1. The van der Waals surface area contributed by atoms with Crippen LogP contribution < -0.4 is 15.2 Å². The van der Waals surface area contributed by atoms with Crippen LogP contribution in [0.15, 0.2) is 18.2 Å². The van der Waals surface area contributed by atoms with Crippen LogP contribution in [0.4, 0.5) is 0 Å². The highest BCUT2D eigenvalue weighted by atomic mass is 16.5. The number of carbonyl (C=O) groups excluding carboxylic acids is 2. The van der Waals surface area contributed by atoms with E-state index in [1.807, 2.05) is 30.0 Å². The number of fused-ring (bicyclic) bond motifs is 4. The molecule has 7 nitrogen and oxygen atoms in total. The number of aryl methyl sites for hydroxylation is 1. The number of benzene rings is 1. The maximum Gasteiger partial charge on any atom is 0.240 e. The number of hydrogen-bond acceptors (Lipinski definition) is 5. The van der Waals surface area contributed by atoms with Gasteiger partial charge in [0, 0.05) is 38.0 Å². The molecule has 0 aliphatic carbocycles. The van der Waals surface area contributed by atoms with Crippen LogP contribution in [0.25, 0.3) is 0 Å². The van der Waals surface area contributed by atoms with Crippen LogP contribution >= 0.6 is 0 Å². The molecule has 3 aliphatic rings. The van der Waals surface area contributed by atoms with Crippen molar-refractivity contribution in [1.82, 2.24) is 9.80 Å². The second-order valence-corrected chi connectivity index (χ2v) is 8.63. The van der Waals surface area contributed by atoms with Gasteiger partial charge in [-0.05, 0) is 49.8 Å². The van der Waals surface area contributed by atoms with E-state index in [0.717, 1.165) is 56.0 Å². The van der Waals surface area contributed by atoms with Gasteiger partial charge in [-0.25, -0.2) is 0 Å². The SMILES string of the molecule is COc1cc(C)ccc1OCCN1C[C@@H]2C[C@H](C1)[C@H](C(N)=O)N1C(=O)CCC[C@@H]21. The highest BCUT2D eigenvalue weighted by Crippen LogP contribution is 2.41. The smallest absolute Gasteiger partial charge is 0.240 e. The van der Waals surface area contributed by atoms with Gasteiger partial charge in [-0.3, -0.25) is 14.5 Å². The van der Waals surface area contributed by atoms with Gasteiger partial charge >= 0.3 is 0 Å². The summed E-state index contributed by atoms with van der Waals surface area (Å²) in [5.41, 5.74) is 6.87. The lowest BCUT2D eigenvalue weighted by Gasteiger charge is -2.55. The average molecular weight is 402 g/mol. The molecule has 0 unspecified atom stereocenters. The van der Waals surface area contributed by atoms with Gasteiger partial charge in [-0.1, -0.05) is 6.07 Å². The second kappa shape index (κ2) is 8.22. The molecule has 4 atom stereocenters. The van der Waals surface area contributed by atoms with E-state index in [1.54, 1.807) is 7.11 Å². The molecule has 2 N–H and O–H groups in total. The monoisotopic (exact) mass is 401 g/mol. The molecule has 3 heterocycles. The molecule has 158 valence electrons. The number of hydrogen-bond donors (Lipinski definition) is 1. The Kier molecular flexibility index (Phi) is 5.67. The van der Waals surface area contributed by atoms with Crippen LogP contribution in [-0.4, -0.2) is 67.0 Å². The summed E-state index contributed by atoms with van der Waals surface area (Å²) in [5.74, 6) is 1.74. The number of ether oxygens (including phenoxy) is 2. The van der Waals surface area contributed by atoms with E-state index in [4.69, 9.17) is 15.2 Å². The standard InChI is InChI=1S/C22H31N3O4/c1-14-6-7-18(19(10-14)28-2)29-9-8-24-12-15-11-16(13-24)21(22(23)27)25-17(15)4-3-5-20(25)26/h6-7,10,15-17,21H,3-5,8-9,11-13H2,1-2H3,(H2,23,27)/t15-,16+,17-,21+/m0/s1. The van der Waals surface area contributed by atoms with E-state index in [1.165, 1.54) is 0 Å². The zero-order chi connectivity index (χ0) is 20.5. The lowest BCUT2D eigenvalue weighted by atomic mass is 9.72. The van der Waals surface area contributed by atoms with Crippen LogP contribution in [0.1, 0.15) is 31.2 Å². The number of likely N-dealkylation sites (tertiary alicyclic amines) is 1. The fourth-order valence-corrected chi connectivity index (χ4v) is 5.48. The minimum atomic E-state index is -0.468. The van der Waals surface area contributed by atoms with E-state index < -0.39 is 6.04 Å². The van der Waals surface area contributed by atoms with Gasteiger partial charge in [0.05, 0.1) is 7.11 Å². The third-order valence-electron chi connectivity index (χ3n) is 6.69. The van der Waals surface area contributed by atoms with Crippen LogP contribution in [0, 0.1) is 18.8 Å². The number of piperidine rings is 3. The third-order valence-corrected chi connectivity index (χ3v) is 6.69. The van der Waals surface area contributed by atoms with Crippen LogP contribution in [0.2, 0.25) is 0 Å². The number of primary amides is 1. The molecule has 0 radical (unpaired) electrons. The minimum absolute atomic E-state index is 0.1000. The summed E-state index contributed by atoms with van der Waals surface area (Å²) in [6, 6.07) is 5.59. The summed E-state index contributed by atoms with van der Waals surface area (Å²) < 4.78 is 11.4. The third kappa shape index (κ3) is 3.92. The lowest BCUT2D eigenvalue weighted by Crippen LogP contribution is -2.68. The van der Waals surface area contributed by atoms with Crippen molar-refractivity contribution in [2.45, 2.75) is 44.7 Å². The van der Waals surface area contributed by atoms with E-state index in [2.05, 4.69) is 4.90 Å². The maximum atomic E-state index is 12.5. The average Bonchev–Trinajstić information content (AvgIpc) is 2.69. The van der Waals surface area contributed by atoms with Gasteiger partial charge in [0.1, 0.15) is 12.6 Å². The summed E-state index contributed by atoms with van der Waals surface area (Å²) in [5, 5.41) is 0. The van der Waals surface area contributed by atoms with Crippen molar-refractivity contribution in [2.24, 2.45) is 17.6 Å². The second-order valence-electron chi connectivity index (χ2n) is 8.63. The summed E-state index contributed by atoms with van der Waals surface area (Å²) in [4.78, 5) is 29.0. The Morgan fingerprint density at radius 2 is 2.03 bits per heavy atom. The minimum Gasteiger partial charge on any atom is -0.493 e. The van der Waals surface area contributed by atoms with Crippen molar-refractivity contribution >= 4 is 11.8 Å². The molecule has 0 saturated carbocycles. The quantitative estimate of drug-likeness (QED) is 0.782. The van der Waals surface area contributed by atoms with E-state index >= 15 is 0 Å². The molecule has 3 saturated heterocycles. The number of rotatable bonds is 6. The molecule has 2 amide bonds. The Morgan fingerprint density at radius 3 is 2.79 bits per heavy atom. The molecular weight excluding hydrogens is 370 g/mol. The van der Waals surface area contributed by atoms with E-state index in [9.17, 15) is 9.59 Å². The summed E-state index contributed by atoms with van der Waals surface area (Å²) in [6.07, 6.45) is 3.39. The Labute approximate surface area is 172 Å². The van der Waals surface area contributed by atoms with Crippen molar-refractivity contribution in [1.29, 1.82) is 0 Å². The first-order chi connectivity index (χ1) is 14.0. The van der Waals surface area contributed by atoms with Gasteiger partial charge in [0.15, 0.2) is 11.5 Å². The highest BCUT2D eigenvalue weighted by Gasteiger charge is 2.51. The van der Waals surface area contributed by atoms with Gasteiger partial charge in [0.2, 0.25) is 11.8 Å². The Hall–Kier alpha value is -2.28. The van der Waals surface area contributed by atoms with Gasteiger partial charge in [-0.2, -0.15) is 0 Å². The first-order valence-electron chi connectivity index (χ1n) is 10.6. The molecule has 3 aliphatic heterocycles. The number of carbonyl (C=O) groups is 2. The number of nitrogens with zero attached hydrogens (tertiary/aromatic N) is 2. The van der Waals surface area contributed by atoms with Crippen molar-refractivity contribution in [3.8, 4) is 11.5 Å². The largest absolute Gasteiger partial charge is 0.493 e. The first-order valence-corrected chi connectivity index (χ1v) is 10.6. The molecule has 3 fully saturated rings. The van der Waals surface area contributed by atoms with Crippen LogP contribution in [0.5, 0.6) is 11.5 Å². The molecule has 0 aromatic heterocycles. The fraction of sp³-hybridized carbons (Fsp3) is 0.636. The molecule has 1 aromatic carbocycles. The van der Waals surface area contributed by atoms with Crippen LogP contribution in [0.3, 0.4) is 0 Å². The molecule has 7 heteroatoms. The number of methoxy groups -OCH3 is 1. The molecule has 29 heavy (non-hydrogen) atoms.